The van der Waals surface area contributed by atoms with Crippen molar-refractivity contribution in [1.82, 2.24) is 15.3 Å². The lowest BCUT2D eigenvalue weighted by molar-refractivity contribution is 0.0426. The summed E-state index contributed by atoms with van der Waals surface area (Å²) in [6, 6.07) is 16.6. The van der Waals surface area contributed by atoms with E-state index in [4.69, 9.17) is 19.4 Å². The highest BCUT2D eigenvalue weighted by Crippen LogP contribution is 2.52. The van der Waals surface area contributed by atoms with Gasteiger partial charge in [-0.3, -0.25) is 0 Å². The molecule has 9 heteroatoms. The topological polar surface area (TPSA) is 96.9 Å². The van der Waals surface area contributed by atoms with Crippen molar-refractivity contribution in [1.29, 1.82) is 0 Å². The number of aromatic nitrogens is 2. The zero-order chi connectivity index (χ0) is 30.2. The van der Waals surface area contributed by atoms with Gasteiger partial charge in [-0.25, -0.2) is 19.6 Å². The van der Waals surface area contributed by atoms with Crippen molar-refractivity contribution in [3.05, 3.63) is 77.1 Å². The summed E-state index contributed by atoms with van der Waals surface area (Å²) in [5.41, 5.74) is 4.29. The highest BCUT2D eigenvalue weighted by molar-refractivity contribution is 5.93. The molecule has 226 valence electrons. The van der Waals surface area contributed by atoms with Crippen molar-refractivity contribution >= 4 is 29.4 Å². The van der Waals surface area contributed by atoms with Crippen LogP contribution in [0.2, 0.25) is 0 Å². The number of carbonyl (C=O) groups excluding carboxylic acids is 2. The zero-order valence-electron chi connectivity index (χ0n) is 25.6. The summed E-state index contributed by atoms with van der Waals surface area (Å²) in [4.78, 5) is 40.0. The molecule has 0 radical (unpaired) electrons. The Labute approximate surface area is 253 Å². The molecule has 0 bridgehead atoms. The monoisotopic (exact) mass is 583 g/mol. The Morgan fingerprint density at radius 3 is 2.44 bits per heavy atom. The number of anilines is 3. The second kappa shape index (κ2) is 11.5. The molecule has 2 aliphatic heterocycles. The van der Waals surface area contributed by atoms with Crippen LogP contribution in [0, 0.1) is 5.41 Å². The second-order valence-electron chi connectivity index (χ2n) is 12.9. The maximum Gasteiger partial charge on any atom is 0.408 e. The van der Waals surface area contributed by atoms with Crippen LogP contribution in [0.1, 0.15) is 79.7 Å². The van der Waals surface area contributed by atoms with Gasteiger partial charge in [0, 0.05) is 30.7 Å². The van der Waals surface area contributed by atoms with E-state index in [-0.39, 0.29) is 17.2 Å². The van der Waals surface area contributed by atoms with Gasteiger partial charge in [-0.05, 0) is 82.1 Å². The number of alkyl carbamates (subject to hydrolysis) is 1. The number of rotatable bonds is 4. The summed E-state index contributed by atoms with van der Waals surface area (Å²) >= 11 is 0. The largest absolute Gasteiger partial charge is 0.464 e. The normalized spacial score (nSPS) is 19.3. The average Bonchev–Trinajstić information content (AvgIpc) is 3.13. The van der Waals surface area contributed by atoms with Crippen molar-refractivity contribution in [2.75, 3.05) is 36.5 Å². The minimum absolute atomic E-state index is 0.155. The first-order valence-electron chi connectivity index (χ1n) is 15.3. The zero-order valence-corrected chi connectivity index (χ0v) is 25.6. The Bertz CT molecular complexity index is 1510. The molecule has 1 spiro atoms. The fraction of sp³-hybridized carbons (Fsp3) is 0.471. The molecule has 1 aromatic heterocycles. The van der Waals surface area contributed by atoms with Gasteiger partial charge in [0.1, 0.15) is 5.60 Å². The number of amides is 1. The fourth-order valence-electron chi connectivity index (χ4n) is 6.97. The molecular formula is C34H41N5O4. The quantitative estimate of drug-likeness (QED) is 0.366. The number of fused-ring (bicyclic) bond motifs is 2. The number of hydrogen-bond donors (Lipinski definition) is 1. The highest BCUT2D eigenvalue weighted by Gasteiger charge is 2.49. The number of nitrogens with one attached hydrogen (secondary N) is 1. The lowest BCUT2D eigenvalue weighted by Gasteiger charge is -2.44. The highest BCUT2D eigenvalue weighted by atomic mass is 16.6. The average molecular weight is 584 g/mol. The number of ether oxygens (including phenoxy) is 2. The van der Waals surface area contributed by atoms with Gasteiger partial charge in [-0.2, -0.15) is 0 Å². The molecule has 0 saturated carbocycles. The second-order valence-corrected chi connectivity index (χ2v) is 12.9. The molecule has 9 nitrogen and oxygen atoms in total. The van der Waals surface area contributed by atoms with Crippen molar-refractivity contribution in [2.24, 2.45) is 5.41 Å². The van der Waals surface area contributed by atoms with E-state index in [0.29, 0.717) is 24.7 Å². The number of hydrogen-bond acceptors (Lipinski definition) is 8. The lowest BCUT2D eigenvalue weighted by atomic mass is 9.72. The van der Waals surface area contributed by atoms with Crippen LogP contribution in [-0.4, -0.2) is 54.4 Å². The minimum atomic E-state index is -0.580. The molecule has 3 heterocycles. The van der Waals surface area contributed by atoms with Crippen LogP contribution in [0.5, 0.6) is 0 Å². The van der Waals surface area contributed by atoms with E-state index in [1.807, 2.05) is 32.9 Å². The van der Waals surface area contributed by atoms with Gasteiger partial charge in [0.25, 0.3) is 0 Å². The number of nitrogens with zero attached hydrogens (tertiary/aromatic N) is 4. The van der Waals surface area contributed by atoms with E-state index in [0.717, 1.165) is 56.3 Å². The number of esters is 1. The Balaban J connectivity index is 1.26. The van der Waals surface area contributed by atoms with Crippen LogP contribution in [0.3, 0.4) is 0 Å². The van der Waals surface area contributed by atoms with Gasteiger partial charge in [-0.1, -0.05) is 42.5 Å². The third-order valence-electron chi connectivity index (χ3n) is 9.00. The number of benzene rings is 2. The van der Waals surface area contributed by atoms with E-state index in [2.05, 4.69) is 51.5 Å². The number of aryl methyl sites for hydroxylation is 1. The first-order chi connectivity index (χ1) is 20.7. The van der Waals surface area contributed by atoms with Crippen LogP contribution in [0.25, 0.3) is 0 Å². The molecule has 1 saturated heterocycles. The summed E-state index contributed by atoms with van der Waals surface area (Å²) in [6.45, 7) is 7.78. The molecule has 1 fully saturated rings. The lowest BCUT2D eigenvalue weighted by Crippen LogP contribution is -2.48. The van der Waals surface area contributed by atoms with Crippen LogP contribution in [0.4, 0.5) is 22.1 Å². The third kappa shape index (κ3) is 5.77. The van der Waals surface area contributed by atoms with E-state index < -0.39 is 17.7 Å². The number of para-hydroxylation sites is 1. The SMILES string of the molecule is COC(=O)c1nc(N2CCCCc3ccccc32)cnc1N1CCC2(CC1)Cc1ccccc1[C@H]2NC(=O)OC(C)(C)C. The smallest absolute Gasteiger partial charge is 0.408 e. The Morgan fingerprint density at radius 2 is 1.70 bits per heavy atom. The molecular weight excluding hydrogens is 542 g/mol. The summed E-state index contributed by atoms with van der Waals surface area (Å²) in [6.07, 6.45) is 7.03. The molecule has 3 aliphatic rings. The van der Waals surface area contributed by atoms with Crippen LogP contribution < -0.4 is 15.1 Å². The van der Waals surface area contributed by atoms with Crippen LogP contribution in [-0.2, 0) is 22.3 Å². The van der Waals surface area contributed by atoms with Crippen LogP contribution >= 0.6 is 0 Å². The molecule has 43 heavy (non-hydrogen) atoms. The van der Waals surface area contributed by atoms with Gasteiger partial charge < -0.3 is 24.6 Å². The first-order valence-corrected chi connectivity index (χ1v) is 15.3. The molecule has 0 unspecified atom stereocenters. The Kier molecular flexibility index (Phi) is 7.75. The standard InChI is InChI=1S/C34H41N5O4/c1-33(2,3)43-32(41)37-29-25-14-7-5-13-24(25)21-34(29)16-19-38(20-17-34)30-28(31(40)42-4)36-27(22-35-30)39-18-10-9-12-23-11-6-8-15-26(23)39/h5-8,11,13-15,22,29H,9-10,12,16-21H2,1-4H3,(H,37,41)/t29-/m1/s1. The molecule has 1 aliphatic carbocycles. The first kappa shape index (κ1) is 29.0. The number of methoxy groups -OCH3 is 1. The van der Waals surface area contributed by atoms with Crippen LogP contribution in [0.15, 0.2) is 54.7 Å². The molecule has 1 atom stereocenters. The number of piperidine rings is 1. The van der Waals surface area contributed by atoms with Gasteiger partial charge in [0.15, 0.2) is 17.3 Å². The third-order valence-corrected chi connectivity index (χ3v) is 9.00. The van der Waals surface area contributed by atoms with E-state index in [9.17, 15) is 9.59 Å². The summed E-state index contributed by atoms with van der Waals surface area (Å²) in [7, 11) is 1.38. The summed E-state index contributed by atoms with van der Waals surface area (Å²) in [5, 5.41) is 3.22. The fourth-order valence-corrected chi connectivity index (χ4v) is 6.97. The van der Waals surface area contributed by atoms with Gasteiger partial charge in [-0.15, -0.1) is 0 Å². The van der Waals surface area contributed by atoms with E-state index in [1.54, 1.807) is 6.20 Å². The van der Waals surface area contributed by atoms with Gasteiger partial charge >= 0.3 is 12.1 Å². The van der Waals surface area contributed by atoms with Crippen molar-refractivity contribution < 1.29 is 19.1 Å². The predicted molar refractivity (Wildman–Crippen MR) is 166 cm³/mol. The summed E-state index contributed by atoms with van der Waals surface area (Å²) in [5.74, 6) is 0.700. The molecule has 2 aromatic carbocycles. The maximum atomic E-state index is 13.1. The molecule has 1 amide bonds. The van der Waals surface area contributed by atoms with Gasteiger partial charge in [0.2, 0.25) is 0 Å². The maximum absolute atomic E-state index is 13.1. The number of carbonyl (C=O) groups is 2. The molecule has 6 rings (SSSR count). The van der Waals surface area contributed by atoms with E-state index >= 15 is 0 Å². The van der Waals surface area contributed by atoms with Gasteiger partial charge in [0.05, 0.1) is 19.3 Å². The molecule has 1 N–H and O–H groups in total. The van der Waals surface area contributed by atoms with E-state index in [1.165, 1.54) is 18.2 Å². The minimum Gasteiger partial charge on any atom is -0.464 e. The van der Waals surface area contributed by atoms with Crippen molar-refractivity contribution in [3.8, 4) is 0 Å². The Hall–Kier alpha value is -4.14. The summed E-state index contributed by atoms with van der Waals surface area (Å²) < 4.78 is 10.8. The van der Waals surface area contributed by atoms with Crippen molar-refractivity contribution in [2.45, 2.75) is 70.9 Å². The Morgan fingerprint density at radius 1 is 0.977 bits per heavy atom. The predicted octanol–water partition coefficient (Wildman–Crippen LogP) is 6.15. The molecule has 3 aromatic rings. The van der Waals surface area contributed by atoms with Crippen molar-refractivity contribution in [3.63, 3.8) is 0 Å².